The molecule has 6 nitrogen and oxygen atoms in total. The summed E-state index contributed by atoms with van der Waals surface area (Å²) in [6.45, 7) is 5.47. The Morgan fingerprint density at radius 3 is 2.95 bits per heavy atom. The number of nitrogens with zero attached hydrogens (tertiary/aromatic N) is 6. The van der Waals surface area contributed by atoms with Crippen molar-refractivity contribution < 1.29 is 0 Å². The molecule has 1 aliphatic rings. The smallest absolute Gasteiger partial charge is 0.129 e. The van der Waals surface area contributed by atoms with Gasteiger partial charge in [-0.15, -0.1) is 0 Å². The number of imidazole rings is 1. The van der Waals surface area contributed by atoms with Crippen molar-refractivity contribution in [1.29, 1.82) is 0 Å². The van der Waals surface area contributed by atoms with Gasteiger partial charge in [0.25, 0.3) is 0 Å². The van der Waals surface area contributed by atoms with E-state index < -0.39 is 0 Å². The van der Waals surface area contributed by atoms with Crippen LogP contribution in [0.15, 0.2) is 42.9 Å². The zero-order valence-corrected chi connectivity index (χ0v) is 12.6. The summed E-state index contributed by atoms with van der Waals surface area (Å²) in [7, 11) is 0. The van der Waals surface area contributed by atoms with E-state index in [9.17, 15) is 0 Å². The second kappa shape index (κ2) is 5.29. The van der Waals surface area contributed by atoms with E-state index in [-0.39, 0.29) is 0 Å². The van der Waals surface area contributed by atoms with Gasteiger partial charge in [0.15, 0.2) is 0 Å². The van der Waals surface area contributed by atoms with Crippen molar-refractivity contribution in [2.24, 2.45) is 0 Å². The second-order valence-electron chi connectivity index (χ2n) is 5.58. The van der Waals surface area contributed by atoms with Crippen LogP contribution in [0.3, 0.4) is 0 Å². The van der Waals surface area contributed by atoms with Gasteiger partial charge in [-0.3, -0.25) is 4.68 Å². The number of pyridine rings is 1. The monoisotopic (exact) mass is 294 g/mol. The molecule has 0 saturated carbocycles. The van der Waals surface area contributed by atoms with Gasteiger partial charge in [0.05, 0.1) is 25.0 Å². The molecule has 4 heterocycles. The van der Waals surface area contributed by atoms with Crippen molar-refractivity contribution in [2.45, 2.75) is 26.6 Å². The largest absolute Gasteiger partial charge is 0.347 e. The Morgan fingerprint density at radius 2 is 2.14 bits per heavy atom. The molecule has 0 aromatic carbocycles. The van der Waals surface area contributed by atoms with Gasteiger partial charge in [0.1, 0.15) is 11.6 Å². The van der Waals surface area contributed by atoms with Gasteiger partial charge in [-0.2, -0.15) is 5.10 Å². The summed E-state index contributed by atoms with van der Waals surface area (Å²) in [6.07, 6.45) is 5.74. The first-order chi connectivity index (χ1) is 10.8. The lowest BCUT2D eigenvalue weighted by Crippen LogP contribution is -2.35. The highest BCUT2D eigenvalue weighted by molar-refractivity contribution is 5.40. The van der Waals surface area contributed by atoms with E-state index in [1.165, 1.54) is 5.69 Å². The van der Waals surface area contributed by atoms with Crippen LogP contribution < -0.4 is 4.90 Å². The van der Waals surface area contributed by atoms with Crippen molar-refractivity contribution in [1.82, 2.24) is 24.3 Å². The maximum Gasteiger partial charge on any atom is 0.129 e. The van der Waals surface area contributed by atoms with Crippen molar-refractivity contribution in [3.05, 3.63) is 60.1 Å². The van der Waals surface area contributed by atoms with Crippen LogP contribution in [0.4, 0.5) is 5.82 Å². The molecule has 6 heteroatoms. The SMILES string of the molecule is Cc1cccc(N2CCn3c(Cn4cccn4)cnc3C2)n1. The van der Waals surface area contributed by atoms with Crippen molar-refractivity contribution in [3.8, 4) is 0 Å². The number of aryl methyl sites for hydroxylation is 1. The van der Waals surface area contributed by atoms with Crippen molar-refractivity contribution in [3.63, 3.8) is 0 Å². The molecule has 112 valence electrons. The van der Waals surface area contributed by atoms with Crippen LogP contribution in [-0.2, 0) is 19.6 Å². The molecule has 1 aliphatic heterocycles. The Kier molecular flexibility index (Phi) is 3.14. The Bertz CT molecular complexity index is 774. The molecule has 0 amide bonds. The Labute approximate surface area is 129 Å². The first kappa shape index (κ1) is 13.1. The summed E-state index contributed by atoms with van der Waals surface area (Å²) in [5.41, 5.74) is 2.25. The van der Waals surface area contributed by atoms with Crippen molar-refractivity contribution in [2.75, 3.05) is 11.4 Å². The van der Waals surface area contributed by atoms with Gasteiger partial charge in [0, 0.05) is 31.2 Å². The molecule has 3 aromatic heterocycles. The molecule has 0 radical (unpaired) electrons. The van der Waals surface area contributed by atoms with E-state index in [4.69, 9.17) is 0 Å². The maximum atomic E-state index is 4.61. The summed E-state index contributed by atoms with van der Waals surface area (Å²) in [5, 5.41) is 4.27. The van der Waals surface area contributed by atoms with Gasteiger partial charge >= 0.3 is 0 Å². The molecule has 0 N–H and O–H groups in total. The predicted molar refractivity (Wildman–Crippen MR) is 83.6 cm³/mol. The normalized spacial score (nSPS) is 14.1. The number of hydrogen-bond acceptors (Lipinski definition) is 4. The summed E-state index contributed by atoms with van der Waals surface area (Å²) < 4.78 is 4.23. The lowest BCUT2D eigenvalue weighted by molar-refractivity contribution is 0.525. The highest BCUT2D eigenvalue weighted by Gasteiger charge is 2.20. The van der Waals surface area contributed by atoms with E-state index in [0.29, 0.717) is 0 Å². The third-order valence-corrected chi connectivity index (χ3v) is 4.03. The Balaban J connectivity index is 1.56. The molecule has 0 unspecified atom stereocenters. The van der Waals surface area contributed by atoms with E-state index in [1.807, 2.05) is 36.1 Å². The number of rotatable bonds is 3. The van der Waals surface area contributed by atoms with Crippen LogP contribution in [0.5, 0.6) is 0 Å². The zero-order valence-electron chi connectivity index (χ0n) is 12.6. The molecule has 0 aliphatic carbocycles. The quantitative estimate of drug-likeness (QED) is 0.740. The van der Waals surface area contributed by atoms with Crippen LogP contribution in [-0.4, -0.2) is 30.9 Å². The summed E-state index contributed by atoms with van der Waals surface area (Å²) >= 11 is 0. The third-order valence-electron chi connectivity index (χ3n) is 4.03. The van der Waals surface area contributed by atoms with E-state index in [1.54, 1.807) is 6.20 Å². The third kappa shape index (κ3) is 2.36. The molecule has 4 rings (SSSR count). The molecule has 0 spiro atoms. The second-order valence-corrected chi connectivity index (χ2v) is 5.58. The minimum atomic E-state index is 0.767. The van der Waals surface area contributed by atoms with Crippen LogP contribution in [0.2, 0.25) is 0 Å². The average molecular weight is 294 g/mol. The van der Waals surface area contributed by atoms with Gasteiger partial charge in [-0.05, 0) is 25.1 Å². The van der Waals surface area contributed by atoms with Gasteiger partial charge in [-0.1, -0.05) is 6.07 Å². The summed E-state index contributed by atoms with van der Waals surface area (Å²) in [4.78, 5) is 11.5. The first-order valence-electron chi connectivity index (χ1n) is 7.49. The van der Waals surface area contributed by atoms with E-state index >= 15 is 0 Å². The number of fused-ring (bicyclic) bond motifs is 1. The molecule has 0 bridgehead atoms. The molecular formula is C16H18N6. The number of aromatic nitrogens is 5. The lowest BCUT2D eigenvalue weighted by Gasteiger charge is -2.29. The van der Waals surface area contributed by atoms with Crippen LogP contribution in [0.1, 0.15) is 17.2 Å². The fourth-order valence-corrected chi connectivity index (χ4v) is 2.91. The average Bonchev–Trinajstić information content (AvgIpc) is 3.17. The summed E-state index contributed by atoms with van der Waals surface area (Å²) in [5.74, 6) is 2.12. The number of hydrogen-bond donors (Lipinski definition) is 0. The Hall–Kier alpha value is -2.63. The summed E-state index contributed by atoms with van der Waals surface area (Å²) in [6, 6.07) is 8.09. The fraction of sp³-hybridized carbons (Fsp3) is 0.312. The lowest BCUT2D eigenvalue weighted by atomic mass is 10.3. The minimum absolute atomic E-state index is 0.767. The first-order valence-corrected chi connectivity index (χ1v) is 7.49. The molecular weight excluding hydrogens is 276 g/mol. The zero-order chi connectivity index (χ0) is 14.9. The van der Waals surface area contributed by atoms with Crippen LogP contribution in [0, 0.1) is 6.92 Å². The van der Waals surface area contributed by atoms with Crippen molar-refractivity contribution >= 4 is 5.82 Å². The highest BCUT2D eigenvalue weighted by atomic mass is 15.3. The van der Waals surface area contributed by atoms with Gasteiger partial charge in [-0.25, -0.2) is 9.97 Å². The van der Waals surface area contributed by atoms with Gasteiger partial charge < -0.3 is 9.47 Å². The maximum absolute atomic E-state index is 4.61. The Morgan fingerprint density at radius 1 is 1.18 bits per heavy atom. The standard InChI is InChI=1S/C16H18N6/c1-13-4-2-5-15(19-13)20-8-9-22-14(10-17-16(22)12-20)11-21-7-3-6-18-21/h2-7,10H,8-9,11-12H2,1H3. The van der Waals surface area contributed by atoms with E-state index in [0.717, 1.165) is 43.5 Å². The molecule has 0 atom stereocenters. The highest BCUT2D eigenvalue weighted by Crippen LogP contribution is 2.20. The molecule has 0 saturated heterocycles. The minimum Gasteiger partial charge on any atom is -0.347 e. The predicted octanol–water partition coefficient (Wildman–Crippen LogP) is 1.85. The van der Waals surface area contributed by atoms with Crippen LogP contribution in [0.25, 0.3) is 0 Å². The number of anilines is 1. The topological polar surface area (TPSA) is 51.8 Å². The molecule has 0 fully saturated rings. The van der Waals surface area contributed by atoms with Gasteiger partial charge in [0.2, 0.25) is 0 Å². The molecule has 3 aromatic rings. The fourth-order valence-electron chi connectivity index (χ4n) is 2.91. The molecule has 22 heavy (non-hydrogen) atoms. The van der Waals surface area contributed by atoms with E-state index in [2.05, 4.69) is 36.7 Å². The van der Waals surface area contributed by atoms with Crippen LogP contribution >= 0.6 is 0 Å².